The second-order valence-electron chi connectivity index (χ2n) is 3.88. The number of aryl methyl sites for hydroxylation is 2. The lowest BCUT2D eigenvalue weighted by molar-refractivity contribution is 0.874. The van der Waals surface area contributed by atoms with Gasteiger partial charge in [0.25, 0.3) is 0 Å². The Balaban J connectivity index is 2.34. The van der Waals surface area contributed by atoms with E-state index in [1.54, 1.807) is 11.3 Å². The maximum Gasteiger partial charge on any atom is 0.0559 e. The summed E-state index contributed by atoms with van der Waals surface area (Å²) in [6, 6.07) is 8.53. The van der Waals surface area contributed by atoms with E-state index in [1.165, 1.54) is 22.3 Å². The van der Waals surface area contributed by atoms with Crippen molar-refractivity contribution in [1.29, 1.82) is 0 Å². The minimum atomic E-state index is 0.00977. The third-order valence-electron chi connectivity index (χ3n) is 2.79. The molecule has 2 aromatic rings. The van der Waals surface area contributed by atoms with Gasteiger partial charge in [0.15, 0.2) is 0 Å². The summed E-state index contributed by atoms with van der Waals surface area (Å²) in [5.74, 6) is 0. The summed E-state index contributed by atoms with van der Waals surface area (Å²) >= 11 is 1.69. The Hall–Kier alpha value is -1.12. The molecule has 1 atom stereocenters. The van der Waals surface area contributed by atoms with E-state index in [9.17, 15) is 0 Å². The van der Waals surface area contributed by atoms with Crippen LogP contribution in [-0.2, 0) is 0 Å². The molecule has 78 valence electrons. The van der Waals surface area contributed by atoms with E-state index in [0.717, 1.165) is 0 Å². The lowest BCUT2D eigenvalue weighted by Gasteiger charge is -2.12. The largest absolute Gasteiger partial charge is 0.320 e. The van der Waals surface area contributed by atoms with Gasteiger partial charge >= 0.3 is 0 Å². The van der Waals surface area contributed by atoms with E-state index >= 15 is 0 Å². The molecule has 1 nitrogen and oxygen atoms in total. The molecule has 0 aliphatic carbocycles. The van der Waals surface area contributed by atoms with E-state index in [0.29, 0.717) is 0 Å². The average molecular weight is 217 g/mol. The summed E-state index contributed by atoms with van der Waals surface area (Å²) in [5.41, 5.74) is 11.2. The van der Waals surface area contributed by atoms with E-state index in [1.807, 2.05) is 0 Å². The fourth-order valence-electron chi connectivity index (χ4n) is 1.60. The van der Waals surface area contributed by atoms with Gasteiger partial charge in [-0.15, -0.1) is 0 Å². The quantitative estimate of drug-likeness (QED) is 0.819. The number of thiophene rings is 1. The van der Waals surface area contributed by atoms with Gasteiger partial charge in [-0.3, -0.25) is 0 Å². The summed E-state index contributed by atoms with van der Waals surface area (Å²) in [7, 11) is 0. The molecule has 0 radical (unpaired) electrons. The number of nitrogens with two attached hydrogens (primary N) is 1. The molecular weight excluding hydrogens is 202 g/mol. The van der Waals surface area contributed by atoms with Gasteiger partial charge in [-0.05, 0) is 52.9 Å². The van der Waals surface area contributed by atoms with Crippen molar-refractivity contribution in [2.75, 3.05) is 0 Å². The monoisotopic (exact) mass is 217 g/mol. The maximum atomic E-state index is 6.19. The first-order chi connectivity index (χ1) is 7.18. The zero-order valence-electron chi connectivity index (χ0n) is 9.03. The van der Waals surface area contributed by atoms with Gasteiger partial charge in [0, 0.05) is 0 Å². The zero-order valence-corrected chi connectivity index (χ0v) is 9.84. The van der Waals surface area contributed by atoms with Gasteiger partial charge < -0.3 is 5.73 Å². The number of benzene rings is 1. The molecule has 2 heteroatoms. The predicted octanol–water partition coefficient (Wildman–Crippen LogP) is 3.41. The lowest BCUT2D eigenvalue weighted by Crippen LogP contribution is -2.11. The molecule has 0 unspecified atom stereocenters. The molecule has 2 N–H and O–H groups in total. The molecule has 1 aromatic heterocycles. The van der Waals surface area contributed by atoms with Crippen LogP contribution >= 0.6 is 11.3 Å². The van der Waals surface area contributed by atoms with Crippen molar-refractivity contribution in [2.45, 2.75) is 19.9 Å². The highest BCUT2D eigenvalue weighted by Crippen LogP contribution is 2.23. The number of hydrogen-bond acceptors (Lipinski definition) is 2. The molecule has 1 heterocycles. The van der Waals surface area contributed by atoms with E-state index in [4.69, 9.17) is 5.73 Å². The molecule has 0 spiro atoms. The van der Waals surface area contributed by atoms with Crippen molar-refractivity contribution in [2.24, 2.45) is 5.73 Å². The lowest BCUT2D eigenvalue weighted by atomic mass is 9.98. The van der Waals surface area contributed by atoms with Crippen molar-refractivity contribution < 1.29 is 0 Å². The van der Waals surface area contributed by atoms with Gasteiger partial charge in [0.1, 0.15) is 0 Å². The highest BCUT2D eigenvalue weighted by atomic mass is 32.1. The predicted molar refractivity (Wildman–Crippen MR) is 66.3 cm³/mol. The van der Waals surface area contributed by atoms with Gasteiger partial charge in [0.2, 0.25) is 0 Å². The van der Waals surface area contributed by atoms with Crippen LogP contribution in [0.3, 0.4) is 0 Å². The van der Waals surface area contributed by atoms with Crippen molar-refractivity contribution in [3.05, 3.63) is 57.3 Å². The first kappa shape index (κ1) is 10.4. The molecule has 0 aliphatic heterocycles. The van der Waals surface area contributed by atoms with Gasteiger partial charge in [-0.1, -0.05) is 18.2 Å². The summed E-state index contributed by atoms with van der Waals surface area (Å²) in [5, 5.41) is 4.18. The molecule has 1 aromatic carbocycles. The summed E-state index contributed by atoms with van der Waals surface area (Å²) in [6.45, 7) is 4.24. The maximum absolute atomic E-state index is 6.19. The van der Waals surface area contributed by atoms with Crippen molar-refractivity contribution in [3.8, 4) is 0 Å². The third-order valence-corrected chi connectivity index (χ3v) is 3.49. The first-order valence-electron chi connectivity index (χ1n) is 5.03. The molecule has 0 aliphatic rings. The van der Waals surface area contributed by atoms with Gasteiger partial charge in [0.05, 0.1) is 6.04 Å². The second-order valence-corrected chi connectivity index (χ2v) is 4.66. The highest BCUT2D eigenvalue weighted by Gasteiger charge is 2.09. The zero-order chi connectivity index (χ0) is 10.8. The third kappa shape index (κ3) is 2.11. The standard InChI is InChI=1S/C13H15NS/c1-9-3-4-11(7-10(9)2)13(14)12-5-6-15-8-12/h3-8,13H,14H2,1-2H3/t13-/m1/s1. The minimum Gasteiger partial charge on any atom is -0.320 e. The molecular formula is C13H15NS. The fourth-order valence-corrected chi connectivity index (χ4v) is 2.30. The molecule has 0 bridgehead atoms. The van der Waals surface area contributed by atoms with Crippen LogP contribution in [0.25, 0.3) is 0 Å². The summed E-state index contributed by atoms with van der Waals surface area (Å²) in [4.78, 5) is 0. The van der Waals surface area contributed by atoms with E-state index in [-0.39, 0.29) is 6.04 Å². The molecule has 0 amide bonds. The Morgan fingerprint density at radius 2 is 1.87 bits per heavy atom. The van der Waals surface area contributed by atoms with Crippen LogP contribution in [0.2, 0.25) is 0 Å². The average Bonchev–Trinajstić information content (AvgIpc) is 2.74. The molecule has 0 saturated heterocycles. The molecule has 15 heavy (non-hydrogen) atoms. The minimum absolute atomic E-state index is 0.00977. The topological polar surface area (TPSA) is 26.0 Å². The van der Waals surface area contributed by atoms with Crippen LogP contribution in [0.1, 0.15) is 28.3 Å². The summed E-state index contributed by atoms with van der Waals surface area (Å²) in [6.07, 6.45) is 0. The van der Waals surface area contributed by atoms with E-state index in [2.05, 4.69) is 48.9 Å². The highest BCUT2D eigenvalue weighted by molar-refractivity contribution is 7.08. The van der Waals surface area contributed by atoms with Crippen LogP contribution in [0, 0.1) is 13.8 Å². The normalized spacial score (nSPS) is 12.7. The molecule has 0 saturated carbocycles. The van der Waals surface area contributed by atoms with Crippen molar-refractivity contribution in [3.63, 3.8) is 0 Å². The SMILES string of the molecule is Cc1ccc([C@@H](N)c2ccsc2)cc1C. The number of hydrogen-bond donors (Lipinski definition) is 1. The first-order valence-corrected chi connectivity index (χ1v) is 5.97. The van der Waals surface area contributed by atoms with Crippen LogP contribution in [0.15, 0.2) is 35.0 Å². The van der Waals surface area contributed by atoms with Crippen LogP contribution in [0.4, 0.5) is 0 Å². The molecule has 0 fully saturated rings. The van der Waals surface area contributed by atoms with Crippen LogP contribution in [0.5, 0.6) is 0 Å². The Morgan fingerprint density at radius 3 is 2.47 bits per heavy atom. The van der Waals surface area contributed by atoms with Crippen LogP contribution < -0.4 is 5.73 Å². The Bertz CT molecular complexity index is 446. The van der Waals surface area contributed by atoms with Crippen molar-refractivity contribution in [1.82, 2.24) is 0 Å². The van der Waals surface area contributed by atoms with Gasteiger partial charge in [-0.2, -0.15) is 11.3 Å². The smallest absolute Gasteiger partial charge is 0.0559 e. The Labute approximate surface area is 94.6 Å². The fraction of sp³-hybridized carbons (Fsp3) is 0.231. The Morgan fingerprint density at radius 1 is 1.07 bits per heavy atom. The van der Waals surface area contributed by atoms with Gasteiger partial charge in [-0.25, -0.2) is 0 Å². The second kappa shape index (κ2) is 4.17. The molecule has 2 rings (SSSR count). The number of rotatable bonds is 2. The van der Waals surface area contributed by atoms with Crippen molar-refractivity contribution >= 4 is 11.3 Å². The van der Waals surface area contributed by atoms with Crippen LogP contribution in [-0.4, -0.2) is 0 Å². The summed E-state index contributed by atoms with van der Waals surface area (Å²) < 4.78 is 0. The Kier molecular flexibility index (Phi) is 2.89. The van der Waals surface area contributed by atoms with E-state index < -0.39 is 0 Å².